The lowest BCUT2D eigenvalue weighted by molar-refractivity contribution is 0.576. The number of thiazole rings is 1. The molecular formula is C20H35BN2S. The summed E-state index contributed by atoms with van der Waals surface area (Å²) in [5, 5.41) is 4.38. The minimum atomic E-state index is 0.457. The predicted molar refractivity (Wildman–Crippen MR) is 114 cm³/mol. The molecule has 4 heteroatoms. The lowest BCUT2D eigenvalue weighted by Gasteiger charge is -2.08. The van der Waals surface area contributed by atoms with Gasteiger partial charge in [-0.15, -0.1) is 0 Å². The second-order valence-electron chi connectivity index (χ2n) is 6.34. The highest BCUT2D eigenvalue weighted by atomic mass is 32.1. The number of anilines is 1. The Morgan fingerprint density at radius 1 is 1.17 bits per heavy atom. The van der Waals surface area contributed by atoms with Gasteiger partial charge in [0.2, 0.25) is 0 Å². The van der Waals surface area contributed by atoms with Crippen molar-refractivity contribution in [3.63, 3.8) is 0 Å². The molecule has 0 saturated carbocycles. The zero-order valence-corrected chi connectivity index (χ0v) is 17.7. The van der Waals surface area contributed by atoms with Crippen molar-refractivity contribution in [2.45, 2.75) is 80.7 Å². The Hall–Kier alpha value is -1.03. The molecule has 24 heavy (non-hydrogen) atoms. The van der Waals surface area contributed by atoms with E-state index >= 15 is 0 Å². The number of fused-ring (bicyclic) bond motifs is 1. The molecule has 0 unspecified atom stereocenters. The van der Waals surface area contributed by atoms with Crippen LogP contribution in [0.1, 0.15) is 73.3 Å². The van der Waals surface area contributed by atoms with E-state index in [1.165, 1.54) is 12.8 Å². The van der Waals surface area contributed by atoms with E-state index in [1.807, 2.05) is 32.9 Å². The Balaban J connectivity index is 0.000000563. The summed E-state index contributed by atoms with van der Waals surface area (Å²) in [4.78, 5) is 4.59. The number of hydrogen-bond donors (Lipinski definition) is 1. The van der Waals surface area contributed by atoms with Crippen molar-refractivity contribution in [1.82, 2.24) is 4.98 Å². The van der Waals surface area contributed by atoms with Crippen LogP contribution >= 0.6 is 11.3 Å². The summed E-state index contributed by atoms with van der Waals surface area (Å²) in [7, 11) is 5.82. The molecule has 1 N–H and O–H groups in total. The van der Waals surface area contributed by atoms with Crippen molar-refractivity contribution in [3.05, 3.63) is 17.7 Å². The van der Waals surface area contributed by atoms with E-state index in [2.05, 4.69) is 44.9 Å². The number of rotatable bonds is 5. The van der Waals surface area contributed by atoms with Crippen LogP contribution in [-0.4, -0.2) is 18.9 Å². The van der Waals surface area contributed by atoms with Crippen LogP contribution in [0.15, 0.2) is 12.1 Å². The maximum Gasteiger partial charge on any atom is 0.184 e. The number of nitrogens with zero attached hydrogens (tertiary/aromatic N) is 1. The monoisotopic (exact) mass is 346 g/mol. The molecule has 2 nitrogen and oxygen atoms in total. The van der Waals surface area contributed by atoms with Gasteiger partial charge in [-0.3, -0.25) is 0 Å². The number of aryl methyl sites for hydroxylation is 1. The third-order valence-corrected chi connectivity index (χ3v) is 4.49. The highest BCUT2D eigenvalue weighted by Crippen LogP contribution is 2.27. The van der Waals surface area contributed by atoms with Gasteiger partial charge in [0.05, 0.1) is 10.2 Å². The van der Waals surface area contributed by atoms with E-state index in [1.54, 1.807) is 11.3 Å². The molecule has 0 amide bonds. The Morgan fingerprint density at radius 3 is 2.25 bits per heavy atom. The molecule has 0 aliphatic rings. The van der Waals surface area contributed by atoms with Crippen molar-refractivity contribution in [1.29, 1.82) is 0 Å². The smallest absolute Gasteiger partial charge is 0.184 e. The second kappa shape index (κ2) is 12.4. The van der Waals surface area contributed by atoms with Crippen LogP contribution < -0.4 is 10.8 Å². The summed E-state index contributed by atoms with van der Waals surface area (Å²) in [5.74, 6) is 0.898. The SMILES string of the molecule is CC.CCCC(C)C.[B]c1cc(C)c2nc(N[C@@H](C)CC)sc2c1. The fourth-order valence-electron chi connectivity index (χ4n) is 2.18. The molecule has 0 bridgehead atoms. The Kier molecular flexibility index (Phi) is 11.8. The lowest BCUT2D eigenvalue weighted by atomic mass is 9.94. The van der Waals surface area contributed by atoms with Gasteiger partial charge in [0.1, 0.15) is 7.85 Å². The van der Waals surface area contributed by atoms with Crippen LogP contribution in [0.4, 0.5) is 5.13 Å². The van der Waals surface area contributed by atoms with E-state index < -0.39 is 0 Å². The molecule has 0 spiro atoms. The first-order chi connectivity index (χ1) is 11.4. The zero-order valence-electron chi connectivity index (χ0n) is 16.9. The molecule has 1 aromatic carbocycles. The summed E-state index contributed by atoms with van der Waals surface area (Å²) in [5.41, 5.74) is 3.01. The number of benzene rings is 1. The summed E-state index contributed by atoms with van der Waals surface area (Å²) in [6.45, 7) is 17.1. The molecule has 2 radical (unpaired) electrons. The van der Waals surface area contributed by atoms with E-state index in [-0.39, 0.29) is 0 Å². The molecule has 0 aliphatic carbocycles. The van der Waals surface area contributed by atoms with Gasteiger partial charge in [-0.1, -0.05) is 77.3 Å². The molecule has 2 aromatic rings. The van der Waals surface area contributed by atoms with Gasteiger partial charge in [0.15, 0.2) is 5.13 Å². The topological polar surface area (TPSA) is 24.9 Å². The highest BCUT2D eigenvalue weighted by Gasteiger charge is 2.08. The lowest BCUT2D eigenvalue weighted by Crippen LogP contribution is -2.12. The first kappa shape index (κ1) is 23.0. The molecule has 0 fully saturated rings. The van der Waals surface area contributed by atoms with Crippen molar-refractivity contribution < 1.29 is 0 Å². The number of aromatic nitrogens is 1. The Bertz CT molecular complexity index is 578. The fraction of sp³-hybridized carbons (Fsp3) is 0.650. The second-order valence-corrected chi connectivity index (χ2v) is 7.37. The van der Waals surface area contributed by atoms with Gasteiger partial charge in [0, 0.05) is 6.04 Å². The van der Waals surface area contributed by atoms with Crippen LogP contribution in [0.5, 0.6) is 0 Å². The van der Waals surface area contributed by atoms with Crippen molar-refractivity contribution >= 4 is 40.0 Å². The summed E-state index contributed by atoms with van der Waals surface area (Å²) in [6, 6.07) is 4.41. The van der Waals surface area contributed by atoms with Crippen LogP contribution in [0.2, 0.25) is 0 Å². The largest absolute Gasteiger partial charge is 0.359 e. The first-order valence-electron chi connectivity index (χ1n) is 9.30. The normalized spacial score (nSPS) is 11.4. The zero-order chi connectivity index (χ0) is 18.7. The minimum Gasteiger partial charge on any atom is -0.359 e. The van der Waals surface area contributed by atoms with Gasteiger partial charge >= 0.3 is 0 Å². The van der Waals surface area contributed by atoms with Gasteiger partial charge in [-0.25, -0.2) is 4.98 Å². The van der Waals surface area contributed by atoms with E-state index in [4.69, 9.17) is 7.85 Å². The molecule has 134 valence electrons. The third kappa shape index (κ3) is 8.19. The maximum absolute atomic E-state index is 5.82. The van der Waals surface area contributed by atoms with Crippen molar-refractivity contribution in [3.8, 4) is 0 Å². The van der Waals surface area contributed by atoms with Crippen LogP contribution in [0.25, 0.3) is 10.2 Å². The van der Waals surface area contributed by atoms with Gasteiger partial charge in [0.25, 0.3) is 0 Å². The Labute approximate surface area is 154 Å². The minimum absolute atomic E-state index is 0.457. The molecule has 2 rings (SSSR count). The average Bonchev–Trinajstić information content (AvgIpc) is 2.92. The molecule has 0 aliphatic heterocycles. The van der Waals surface area contributed by atoms with E-state index in [0.717, 1.165) is 38.7 Å². The molecule has 1 aromatic heterocycles. The van der Waals surface area contributed by atoms with Crippen LogP contribution in [0, 0.1) is 12.8 Å². The third-order valence-electron chi connectivity index (χ3n) is 3.56. The Morgan fingerprint density at radius 2 is 1.79 bits per heavy atom. The highest BCUT2D eigenvalue weighted by molar-refractivity contribution is 7.22. The van der Waals surface area contributed by atoms with Crippen LogP contribution in [0.3, 0.4) is 0 Å². The standard InChI is InChI=1S/C12H15BN2S.C6H14.C2H6/c1-4-8(3)14-12-15-11-7(2)5-9(13)6-10(11)16-12;1-4-5-6(2)3;1-2/h5-6,8H,4H2,1-3H3,(H,14,15);6H,4-5H2,1-3H3;1-2H3/t8-;;/m0../s1. The first-order valence-corrected chi connectivity index (χ1v) is 10.1. The van der Waals surface area contributed by atoms with Crippen LogP contribution in [-0.2, 0) is 0 Å². The summed E-state index contributed by atoms with van der Waals surface area (Å²) >= 11 is 1.67. The van der Waals surface area contributed by atoms with Gasteiger partial charge < -0.3 is 5.32 Å². The molecule has 1 heterocycles. The van der Waals surface area contributed by atoms with Gasteiger partial charge in [-0.05, 0) is 37.8 Å². The average molecular weight is 346 g/mol. The van der Waals surface area contributed by atoms with Crippen molar-refractivity contribution in [2.75, 3.05) is 5.32 Å². The number of hydrogen-bond acceptors (Lipinski definition) is 3. The maximum atomic E-state index is 5.82. The summed E-state index contributed by atoms with van der Waals surface area (Å²) < 4.78 is 1.16. The number of nitrogens with one attached hydrogen (secondary N) is 1. The summed E-state index contributed by atoms with van der Waals surface area (Å²) in [6.07, 6.45) is 3.80. The van der Waals surface area contributed by atoms with E-state index in [9.17, 15) is 0 Å². The quantitative estimate of drug-likeness (QED) is 0.664. The van der Waals surface area contributed by atoms with Gasteiger partial charge in [-0.2, -0.15) is 0 Å². The van der Waals surface area contributed by atoms with Crippen molar-refractivity contribution in [2.24, 2.45) is 5.92 Å². The molecule has 0 saturated heterocycles. The van der Waals surface area contributed by atoms with E-state index in [0.29, 0.717) is 6.04 Å². The predicted octanol–water partition coefficient (Wildman–Crippen LogP) is 6.08. The molecular weight excluding hydrogens is 311 g/mol. The molecule has 1 atom stereocenters. The fourth-order valence-corrected chi connectivity index (χ4v) is 3.28.